The monoisotopic (exact) mass is 534 g/mol. The Morgan fingerprint density at radius 1 is 1.00 bits per heavy atom. The van der Waals surface area contributed by atoms with E-state index in [0.29, 0.717) is 38.9 Å². The first-order valence-electron chi connectivity index (χ1n) is 12.1. The first kappa shape index (κ1) is 25.8. The molecule has 0 saturated carbocycles. The first-order valence-corrected chi connectivity index (χ1v) is 12.5. The number of benzene rings is 3. The molecule has 8 nitrogen and oxygen atoms in total. The fourth-order valence-electron chi connectivity index (χ4n) is 5.87. The van der Waals surface area contributed by atoms with E-state index in [0.717, 1.165) is 10.5 Å². The van der Waals surface area contributed by atoms with Gasteiger partial charge >= 0.3 is 5.97 Å². The van der Waals surface area contributed by atoms with Crippen molar-refractivity contribution in [3.8, 4) is 11.5 Å². The number of fused-ring (bicyclic) bond motifs is 1. The van der Waals surface area contributed by atoms with Crippen LogP contribution in [-0.4, -0.2) is 37.1 Å². The number of hydrogen-bond acceptors (Lipinski definition) is 6. The molecular weight excluding hydrogens is 508 g/mol. The average Bonchev–Trinajstić information content (AvgIpc) is 3.40. The van der Waals surface area contributed by atoms with Gasteiger partial charge < -0.3 is 14.6 Å². The molecule has 4 unspecified atom stereocenters. The lowest BCUT2D eigenvalue weighted by molar-refractivity contribution is -0.149. The van der Waals surface area contributed by atoms with E-state index in [9.17, 15) is 19.5 Å². The molecule has 2 N–H and O–H groups in total. The summed E-state index contributed by atoms with van der Waals surface area (Å²) in [7, 11) is 3.04. The summed E-state index contributed by atoms with van der Waals surface area (Å²) >= 11 is 6.34. The van der Waals surface area contributed by atoms with Gasteiger partial charge in [0.2, 0.25) is 11.8 Å². The Hall–Kier alpha value is -3.88. The van der Waals surface area contributed by atoms with Crippen molar-refractivity contribution in [3.05, 3.63) is 87.9 Å². The Balaban J connectivity index is 1.75. The number of carboxylic acids is 1. The van der Waals surface area contributed by atoms with E-state index in [2.05, 4.69) is 5.32 Å². The van der Waals surface area contributed by atoms with Crippen LogP contribution in [-0.2, 0) is 19.9 Å². The van der Waals surface area contributed by atoms with Crippen LogP contribution < -0.4 is 19.7 Å². The van der Waals surface area contributed by atoms with Gasteiger partial charge in [0.05, 0.1) is 31.7 Å². The molecule has 2 fully saturated rings. The van der Waals surface area contributed by atoms with Crippen LogP contribution >= 0.6 is 11.6 Å². The second-order valence-electron chi connectivity index (χ2n) is 9.57. The molecule has 9 heteroatoms. The van der Waals surface area contributed by atoms with E-state index >= 15 is 0 Å². The van der Waals surface area contributed by atoms with Gasteiger partial charge in [-0.15, -0.1) is 0 Å². The molecule has 2 saturated heterocycles. The van der Waals surface area contributed by atoms with Crippen LogP contribution in [0.1, 0.15) is 28.3 Å². The summed E-state index contributed by atoms with van der Waals surface area (Å²) in [4.78, 5) is 42.4. The molecule has 2 aliphatic rings. The number of nitrogens with zero attached hydrogens (tertiary/aromatic N) is 1. The van der Waals surface area contributed by atoms with E-state index in [1.54, 1.807) is 67.8 Å². The highest BCUT2D eigenvalue weighted by Gasteiger charge is 2.69. The molecule has 0 radical (unpaired) electrons. The molecule has 0 bridgehead atoms. The molecule has 2 amide bonds. The Bertz CT molecular complexity index is 1460. The summed E-state index contributed by atoms with van der Waals surface area (Å²) in [6.45, 7) is 3.63. The summed E-state index contributed by atoms with van der Waals surface area (Å²) in [5, 5.41) is 14.3. The molecule has 0 aliphatic carbocycles. The number of anilines is 1. The zero-order chi connectivity index (χ0) is 27.4. The number of hydrogen-bond donors (Lipinski definition) is 2. The molecule has 3 aromatic carbocycles. The van der Waals surface area contributed by atoms with E-state index in [4.69, 9.17) is 21.1 Å². The molecular formula is C29H27ClN2O6. The molecule has 0 spiro atoms. The highest BCUT2D eigenvalue weighted by molar-refractivity contribution is 6.32. The predicted molar refractivity (Wildman–Crippen MR) is 142 cm³/mol. The third-order valence-corrected chi connectivity index (χ3v) is 8.09. The number of imide groups is 1. The first-order chi connectivity index (χ1) is 18.2. The highest BCUT2D eigenvalue weighted by atomic mass is 35.5. The minimum atomic E-state index is -1.87. The summed E-state index contributed by atoms with van der Waals surface area (Å²) in [6.07, 6.45) is 0. The molecule has 4 atom stereocenters. The lowest BCUT2D eigenvalue weighted by atomic mass is 9.75. The van der Waals surface area contributed by atoms with E-state index in [1.165, 1.54) is 7.11 Å². The summed E-state index contributed by atoms with van der Waals surface area (Å²) < 4.78 is 11.2. The maximum Gasteiger partial charge on any atom is 0.329 e. The fraction of sp³-hybridized carbons (Fsp3) is 0.276. The number of methoxy groups -OCH3 is 2. The number of amides is 2. The van der Waals surface area contributed by atoms with Gasteiger partial charge in [-0.25, -0.2) is 9.69 Å². The zero-order valence-corrected chi connectivity index (χ0v) is 22.1. The van der Waals surface area contributed by atoms with Crippen molar-refractivity contribution >= 4 is 35.1 Å². The number of aliphatic carboxylic acids is 1. The number of rotatable bonds is 6. The Morgan fingerprint density at radius 3 is 2.32 bits per heavy atom. The third-order valence-electron chi connectivity index (χ3n) is 7.69. The number of carbonyl (C=O) groups is 3. The maximum absolute atomic E-state index is 14.1. The van der Waals surface area contributed by atoms with Crippen LogP contribution in [0.2, 0.25) is 5.02 Å². The molecule has 2 aliphatic heterocycles. The van der Waals surface area contributed by atoms with Crippen LogP contribution in [0.5, 0.6) is 11.5 Å². The fourth-order valence-corrected chi connectivity index (χ4v) is 6.04. The van der Waals surface area contributed by atoms with Crippen molar-refractivity contribution in [2.75, 3.05) is 19.1 Å². The van der Waals surface area contributed by atoms with Crippen molar-refractivity contribution in [2.45, 2.75) is 25.4 Å². The number of halogens is 1. The quantitative estimate of drug-likeness (QED) is 0.451. The normalized spacial score (nSPS) is 24.4. The molecule has 38 heavy (non-hydrogen) atoms. The smallest absolute Gasteiger partial charge is 0.329 e. The van der Waals surface area contributed by atoms with Gasteiger partial charge in [0.25, 0.3) is 0 Å². The maximum atomic E-state index is 14.1. The Morgan fingerprint density at radius 2 is 1.71 bits per heavy atom. The predicted octanol–water partition coefficient (Wildman–Crippen LogP) is 4.40. The largest absolute Gasteiger partial charge is 0.496 e. The van der Waals surface area contributed by atoms with Gasteiger partial charge in [-0.3, -0.25) is 14.9 Å². The van der Waals surface area contributed by atoms with E-state index in [1.807, 2.05) is 13.8 Å². The van der Waals surface area contributed by atoms with Gasteiger partial charge in [-0.2, -0.15) is 0 Å². The number of ether oxygens (including phenoxy) is 2. The van der Waals surface area contributed by atoms with Crippen LogP contribution in [0, 0.1) is 25.7 Å². The Labute approximate surface area is 225 Å². The van der Waals surface area contributed by atoms with Gasteiger partial charge in [-0.05, 0) is 43.2 Å². The number of aryl methyl sites for hydroxylation is 1. The van der Waals surface area contributed by atoms with Gasteiger partial charge in [-0.1, -0.05) is 54.1 Å². The molecule has 196 valence electrons. The van der Waals surface area contributed by atoms with E-state index < -0.39 is 41.2 Å². The van der Waals surface area contributed by atoms with Crippen LogP contribution in [0.25, 0.3) is 0 Å². The van der Waals surface area contributed by atoms with Crippen molar-refractivity contribution in [2.24, 2.45) is 11.8 Å². The molecule has 3 aromatic rings. The lowest BCUT2D eigenvalue weighted by Crippen LogP contribution is -2.53. The standard InChI is InChI=1S/C29H27ClN2O6/c1-15-10-11-18(14-20(15)30)32-26(33)22-23(27(32)34)29(28(35)36,17-8-6-5-7-9-17)31-24(22)19-12-13-21(37-3)16(2)25(19)38-4/h5-14,22-24,31H,1-4H3,(H,35,36). The summed E-state index contributed by atoms with van der Waals surface area (Å²) in [5.41, 5.74) is 0.845. The Kier molecular flexibility index (Phi) is 6.41. The molecule has 5 rings (SSSR count). The molecule has 0 aromatic heterocycles. The highest BCUT2D eigenvalue weighted by Crippen LogP contribution is 2.55. The van der Waals surface area contributed by atoms with Crippen molar-refractivity contribution in [1.29, 1.82) is 0 Å². The van der Waals surface area contributed by atoms with Gasteiger partial charge in [0.15, 0.2) is 5.54 Å². The lowest BCUT2D eigenvalue weighted by Gasteiger charge is -2.32. The van der Waals surface area contributed by atoms with Crippen molar-refractivity contribution in [3.63, 3.8) is 0 Å². The second-order valence-corrected chi connectivity index (χ2v) is 9.97. The number of carboxylic acid groups (broad SMARTS) is 1. The number of nitrogens with one attached hydrogen (secondary N) is 1. The van der Waals surface area contributed by atoms with Crippen LogP contribution in [0.4, 0.5) is 5.69 Å². The summed E-state index contributed by atoms with van der Waals surface area (Å²) in [5.74, 6) is -3.59. The topological polar surface area (TPSA) is 105 Å². The minimum absolute atomic E-state index is 0.300. The molecule has 2 heterocycles. The van der Waals surface area contributed by atoms with E-state index in [-0.39, 0.29) is 0 Å². The van der Waals surface area contributed by atoms with Crippen LogP contribution in [0.15, 0.2) is 60.7 Å². The zero-order valence-electron chi connectivity index (χ0n) is 21.3. The van der Waals surface area contributed by atoms with Crippen LogP contribution in [0.3, 0.4) is 0 Å². The van der Waals surface area contributed by atoms with Gasteiger partial charge in [0.1, 0.15) is 11.5 Å². The van der Waals surface area contributed by atoms with Crippen molar-refractivity contribution < 1.29 is 29.0 Å². The SMILES string of the molecule is COc1ccc(C2NC(C(=O)O)(c3ccccc3)C3C(=O)N(c4ccc(C)c(Cl)c4)C(=O)C23)c(OC)c1C. The van der Waals surface area contributed by atoms with Crippen molar-refractivity contribution in [1.82, 2.24) is 5.32 Å². The summed E-state index contributed by atoms with van der Waals surface area (Å²) in [6, 6.07) is 16.0. The number of carbonyl (C=O) groups excluding carboxylic acids is 2. The minimum Gasteiger partial charge on any atom is -0.496 e. The second kappa shape index (κ2) is 9.45. The third kappa shape index (κ3) is 3.59. The van der Waals surface area contributed by atoms with Gasteiger partial charge in [0, 0.05) is 22.2 Å². The average molecular weight is 535 g/mol.